The smallest absolute Gasteiger partial charge is 0.297 e. The normalized spacial score (nSPS) is 10.2. The van der Waals surface area contributed by atoms with E-state index in [1.54, 1.807) is 19.0 Å². The van der Waals surface area contributed by atoms with Gasteiger partial charge in [-0.2, -0.15) is 12.1 Å². The van der Waals surface area contributed by atoms with Gasteiger partial charge in [0.25, 0.3) is 11.6 Å². The summed E-state index contributed by atoms with van der Waals surface area (Å²) in [6.07, 6.45) is 0. The van der Waals surface area contributed by atoms with Crippen molar-refractivity contribution in [2.45, 2.75) is 6.92 Å². The summed E-state index contributed by atoms with van der Waals surface area (Å²) in [5.41, 5.74) is 1.97. The fourth-order valence-corrected chi connectivity index (χ4v) is 1.87. The first-order valence-corrected chi connectivity index (χ1v) is 5.62. The first-order chi connectivity index (χ1) is 8.41. The number of anilines is 2. The van der Waals surface area contributed by atoms with E-state index in [9.17, 15) is 4.79 Å². The Morgan fingerprint density at radius 3 is 2.37 bits per heavy atom. The number of fused-ring (bicyclic) bond motifs is 1. The fourth-order valence-electron chi connectivity index (χ4n) is 1.87. The molecule has 0 amide bonds. The van der Waals surface area contributed by atoms with Crippen molar-refractivity contribution in [2.24, 2.45) is 0 Å². The van der Waals surface area contributed by atoms with Gasteiger partial charge in [0.05, 0.1) is 0 Å². The van der Waals surface area contributed by atoms with Gasteiger partial charge in [-0.1, -0.05) is 12.6 Å². The third-order valence-electron chi connectivity index (χ3n) is 2.80. The molecule has 2 aromatic rings. The van der Waals surface area contributed by atoms with E-state index in [-0.39, 0.29) is 38.3 Å². The summed E-state index contributed by atoms with van der Waals surface area (Å²) in [5.74, 6) is 0. The molecule has 0 aliphatic heterocycles. The van der Waals surface area contributed by atoms with Crippen LogP contribution in [0.2, 0.25) is 0 Å². The molecule has 0 bridgehead atoms. The minimum atomic E-state index is -0.374. The second-order valence-corrected chi connectivity index (χ2v) is 4.60. The van der Waals surface area contributed by atoms with Gasteiger partial charge in [0, 0.05) is 46.8 Å². The van der Waals surface area contributed by atoms with Crippen LogP contribution < -0.4 is 15.4 Å². The quantitative estimate of drug-likeness (QED) is 0.777. The predicted molar refractivity (Wildman–Crippen MR) is 72.5 cm³/mol. The Bertz CT molecular complexity index is 650. The molecule has 6 heteroatoms. The number of nitrogens with zero attached hydrogens (tertiary/aromatic N) is 3. The fraction of sp³-hybridized carbons (Fsp3) is 0.385. The number of aryl methyl sites for hydroxylation is 1. The standard InChI is InChI=1S/C13H16N3O2.Y/c1-8-10(15(2)3)7-6-9-11(8)12(17)18-13(14-9)16(4)5;/h7H,1-5H3;/q-1;. The second-order valence-electron chi connectivity index (χ2n) is 4.60. The van der Waals surface area contributed by atoms with Crippen molar-refractivity contribution in [3.63, 3.8) is 0 Å². The molecule has 0 saturated carbocycles. The van der Waals surface area contributed by atoms with Crippen LogP contribution in [0.4, 0.5) is 11.7 Å². The van der Waals surface area contributed by atoms with Gasteiger partial charge >= 0.3 is 0 Å². The maximum absolute atomic E-state index is 12.0. The monoisotopic (exact) mass is 335 g/mol. The van der Waals surface area contributed by atoms with Crippen molar-refractivity contribution < 1.29 is 37.1 Å². The van der Waals surface area contributed by atoms with Gasteiger partial charge in [-0.15, -0.1) is 5.56 Å². The zero-order chi connectivity index (χ0) is 13.4. The van der Waals surface area contributed by atoms with E-state index in [1.165, 1.54) is 0 Å². The molecule has 1 radical (unpaired) electrons. The molecule has 19 heavy (non-hydrogen) atoms. The molecule has 0 fully saturated rings. The molecule has 0 spiro atoms. The van der Waals surface area contributed by atoms with Gasteiger partial charge in [0.15, 0.2) is 0 Å². The van der Waals surface area contributed by atoms with Gasteiger partial charge < -0.3 is 14.2 Å². The van der Waals surface area contributed by atoms with E-state index in [1.807, 2.05) is 32.0 Å². The zero-order valence-electron chi connectivity index (χ0n) is 11.8. The Balaban J connectivity index is 0.00000180. The van der Waals surface area contributed by atoms with E-state index >= 15 is 0 Å². The van der Waals surface area contributed by atoms with Gasteiger partial charge in [-0.05, 0) is 25.0 Å². The van der Waals surface area contributed by atoms with E-state index in [2.05, 4.69) is 11.1 Å². The Labute approximate surface area is 137 Å². The van der Waals surface area contributed by atoms with Crippen LogP contribution in [0.5, 0.6) is 0 Å². The average molecular weight is 335 g/mol. The van der Waals surface area contributed by atoms with E-state index in [0.717, 1.165) is 11.3 Å². The molecule has 0 atom stereocenters. The van der Waals surface area contributed by atoms with E-state index < -0.39 is 0 Å². The van der Waals surface area contributed by atoms with Crippen LogP contribution in [0.3, 0.4) is 0 Å². The summed E-state index contributed by atoms with van der Waals surface area (Å²) >= 11 is 0. The van der Waals surface area contributed by atoms with Gasteiger partial charge in [0.2, 0.25) is 0 Å². The van der Waals surface area contributed by atoms with Crippen molar-refractivity contribution >= 4 is 22.6 Å². The maximum Gasteiger partial charge on any atom is 0.297 e. The first kappa shape index (κ1) is 16.1. The molecule has 5 nitrogen and oxygen atoms in total. The van der Waals surface area contributed by atoms with Crippen LogP contribution >= 0.6 is 0 Å². The van der Waals surface area contributed by atoms with Gasteiger partial charge in [-0.3, -0.25) is 4.79 Å². The van der Waals surface area contributed by atoms with Gasteiger partial charge in [-0.25, -0.2) is 4.98 Å². The topological polar surface area (TPSA) is 49.6 Å². The van der Waals surface area contributed by atoms with Crippen LogP contribution in [0.1, 0.15) is 5.56 Å². The molecule has 0 saturated heterocycles. The molecule has 0 N–H and O–H groups in total. The summed E-state index contributed by atoms with van der Waals surface area (Å²) in [4.78, 5) is 19.9. The molecular formula is C13H16N3O2Y-. The average Bonchev–Trinajstić information content (AvgIpc) is 2.27. The number of hydrogen-bond donors (Lipinski definition) is 0. The Hall–Kier alpha value is -0.936. The largest absolute Gasteiger partial charge is 0.429 e. The molecule has 1 aromatic carbocycles. The molecule has 0 aliphatic carbocycles. The third-order valence-corrected chi connectivity index (χ3v) is 2.80. The molecule has 1 heterocycles. The minimum Gasteiger partial charge on any atom is -0.429 e. The molecule has 0 unspecified atom stereocenters. The van der Waals surface area contributed by atoms with Crippen LogP contribution in [0.25, 0.3) is 10.9 Å². The van der Waals surface area contributed by atoms with Crippen LogP contribution in [0, 0.1) is 13.0 Å². The molecular weight excluding hydrogens is 319 g/mol. The molecule has 0 aliphatic rings. The number of rotatable bonds is 2. The molecule has 2 rings (SSSR count). The number of aromatic nitrogens is 1. The summed E-state index contributed by atoms with van der Waals surface area (Å²) < 4.78 is 5.19. The summed E-state index contributed by atoms with van der Waals surface area (Å²) in [7, 11) is 7.40. The third kappa shape index (κ3) is 2.98. The molecule has 1 aromatic heterocycles. The first-order valence-electron chi connectivity index (χ1n) is 5.62. The summed E-state index contributed by atoms with van der Waals surface area (Å²) in [5, 5.41) is 0.492. The maximum atomic E-state index is 12.0. The second kappa shape index (κ2) is 6.01. The van der Waals surface area contributed by atoms with Crippen LogP contribution in [-0.4, -0.2) is 33.2 Å². The minimum absolute atomic E-state index is 0. The number of hydrogen-bond acceptors (Lipinski definition) is 5. The SMILES string of the molecule is Cc1c(N(C)C)c[c-]c2nc(N(C)C)oc(=O)c12.[Y]. The number of benzene rings is 1. The Morgan fingerprint density at radius 2 is 1.84 bits per heavy atom. The zero-order valence-corrected chi connectivity index (χ0v) is 14.7. The van der Waals surface area contributed by atoms with Crippen molar-refractivity contribution in [2.75, 3.05) is 38.0 Å². The van der Waals surface area contributed by atoms with Crippen LogP contribution in [0.15, 0.2) is 15.3 Å². The van der Waals surface area contributed by atoms with Gasteiger partial charge in [0.1, 0.15) is 0 Å². The summed E-state index contributed by atoms with van der Waals surface area (Å²) in [6, 6.07) is 5.17. The van der Waals surface area contributed by atoms with Crippen molar-refractivity contribution in [1.29, 1.82) is 0 Å². The molecule has 99 valence electrons. The Morgan fingerprint density at radius 1 is 1.21 bits per heavy atom. The van der Waals surface area contributed by atoms with Crippen LogP contribution in [-0.2, 0) is 32.7 Å². The Kier molecular flexibility index (Phi) is 5.10. The van der Waals surface area contributed by atoms with Crippen molar-refractivity contribution in [3.05, 3.63) is 28.1 Å². The van der Waals surface area contributed by atoms with Crippen molar-refractivity contribution in [3.8, 4) is 0 Å². The van der Waals surface area contributed by atoms with E-state index in [4.69, 9.17) is 4.42 Å². The summed E-state index contributed by atoms with van der Waals surface area (Å²) in [6.45, 7) is 1.89. The van der Waals surface area contributed by atoms with E-state index in [0.29, 0.717) is 16.9 Å². The van der Waals surface area contributed by atoms with Crippen molar-refractivity contribution in [1.82, 2.24) is 4.98 Å². The predicted octanol–water partition coefficient (Wildman–Crippen LogP) is 1.43.